The number of phenols is 1. The van der Waals surface area contributed by atoms with Crippen LogP contribution in [0.1, 0.15) is 109 Å². The number of hydrogen-bond donors (Lipinski definition) is 3. The number of likely N-dealkylation sites (tertiary alicyclic amines) is 1. The number of nitrogens with one attached hydrogen (secondary N) is 2. The maximum Gasteiger partial charge on any atom is 0.308 e. The highest BCUT2D eigenvalue weighted by atomic mass is 16.6. The Labute approximate surface area is 297 Å². The molecule has 2 fully saturated rings. The predicted octanol–water partition coefficient (Wildman–Crippen LogP) is 5.44. The number of ether oxygens (including phenoxy) is 2. The summed E-state index contributed by atoms with van der Waals surface area (Å²) in [5.74, 6) is 0.0729. The third-order valence-electron chi connectivity index (χ3n) is 8.74. The van der Waals surface area contributed by atoms with Gasteiger partial charge in [-0.25, -0.2) is 0 Å². The van der Waals surface area contributed by atoms with Crippen LogP contribution >= 0.6 is 0 Å². The molecular formula is C39H58N4O7. The lowest BCUT2D eigenvalue weighted by Crippen LogP contribution is -2.46. The summed E-state index contributed by atoms with van der Waals surface area (Å²) in [6, 6.07) is 8.51. The van der Waals surface area contributed by atoms with Crippen LogP contribution in [0.2, 0.25) is 0 Å². The number of aromatic hydroxyl groups is 1. The van der Waals surface area contributed by atoms with Gasteiger partial charge in [-0.05, 0) is 134 Å². The Hall–Kier alpha value is -3.99. The maximum atomic E-state index is 13.6. The Bertz CT molecular complexity index is 1380. The van der Waals surface area contributed by atoms with Crippen LogP contribution < -0.4 is 10.6 Å². The summed E-state index contributed by atoms with van der Waals surface area (Å²) in [6.07, 6.45) is 10.1. The molecule has 0 bridgehead atoms. The normalized spacial score (nSPS) is 17.5. The lowest BCUT2D eigenvalue weighted by molar-refractivity contribution is -0.155. The fraction of sp³-hybridized carbons (Fsp3) is 0.615. The minimum absolute atomic E-state index is 0.0162. The average molecular weight is 695 g/mol. The molecule has 1 aromatic carbocycles. The van der Waals surface area contributed by atoms with Gasteiger partial charge in [0.25, 0.3) is 6.47 Å². The summed E-state index contributed by atoms with van der Waals surface area (Å²) in [5, 5.41) is 16.0. The molecule has 4 rings (SSSR count). The number of hydrogen-bond acceptors (Lipinski definition) is 9. The fourth-order valence-electron chi connectivity index (χ4n) is 6.10. The number of phenolic OH excluding ortho intramolecular Hbond substituents is 1. The summed E-state index contributed by atoms with van der Waals surface area (Å²) < 4.78 is 10.1. The Morgan fingerprint density at radius 3 is 2.30 bits per heavy atom. The molecule has 0 radical (unpaired) electrons. The average Bonchev–Trinajstić information content (AvgIpc) is 3.06. The van der Waals surface area contributed by atoms with Crippen LogP contribution in [0.25, 0.3) is 0 Å². The molecule has 50 heavy (non-hydrogen) atoms. The molecule has 2 aliphatic heterocycles. The number of piperidine rings is 2. The number of aromatic nitrogens is 1. The van der Waals surface area contributed by atoms with Gasteiger partial charge in [-0.2, -0.15) is 0 Å². The molecule has 11 nitrogen and oxygen atoms in total. The number of carbonyl (C=O) groups is 4. The molecule has 1 aromatic heterocycles. The zero-order chi connectivity index (χ0) is 36.7. The van der Waals surface area contributed by atoms with Crippen LogP contribution in [-0.4, -0.2) is 76.6 Å². The molecule has 0 saturated carbocycles. The van der Waals surface area contributed by atoms with E-state index < -0.39 is 17.6 Å². The van der Waals surface area contributed by atoms with Crippen molar-refractivity contribution < 1.29 is 33.8 Å². The largest absolute Gasteiger partial charge is 0.508 e. The Kier molecular flexibility index (Phi) is 15.7. The van der Waals surface area contributed by atoms with Crippen molar-refractivity contribution >= 4 is 24.3 Å². The standard InChI is InChI=1S/C34H48N4O5.C5H10O2/c1-34(2,3)43-32(41)20-30(28-19-26(21-36-22-28)7-6-24-8-11-29(39)12-9-24)37-33(42)27-5-4-18-38(23-27)31(40)13-10-25-14-16-35-17-15-25;1-5(2,3)7-4-6/h8-9,11-12,19,21-22,25,27,30,35,39H,4-7,10,13-18,20,23H2,1-3H3,(H,37,42);4H,1-3H3/t27-,30?;/m1./s1. The zero-order valence-electron chi connectivity index (χ0n) is 30.8. The van der Waals surface area contributed by atoms with E-state index in [1.165, 1.54) is 0 Å². The lowest BCUT2D eigenvalue weighted by Gasteiger charge is -2.33. The topological polar surface area (TPSA) is 147 Å². The van der Waals surface area contributed by atoms with Crippen molar-refractivity contribution in [3.63, 3.8) is 0 Å². The fourth-order valence-corrected chi connectivity index (χ4v) is 6.10. The van der Waals surface area contributed by atoms with Gasteiger partial charge < -0.3 is 30.1 Å². The van der Waals surface area contributed by atoms with E-state index >= 15 is 0 Å². The van der Waals surface area contributed by atoms with Gasteiger partial charge in [-0.3, -0.25) is 24.2 Å². The van der Waals surface area contributed by atoms with Gasteiger partial charge in [0, 0.05) is 31.9 Å². The van der Waals surface area contributed by atoms with Crippen LogP contribution in [0.15, 0.2) is 42.7 Å². The number of aryl methyl sites for hydroxylation is 2. The van der Waals surface area contributed by atoms with Crippen molar-refractivity contribution in [1.82, 2.24) is 20.5 Å². The van der Waals surface area contributed by atoms with Crippen LogP contribution in [0.5, 0.6) is 5.75 Å². The van der Waals surface area contributed by atoms with E-state index in [2.05, 4.69) is 20.4 Å². The van der Waals surface area contributed by atoms with Gasteiger partial charge in [0.2, 0.25) is 11.8 Å². The third-order valence-corrected chi connectivity index (χ3v) is 8.74. The molecule has 2 aromatic rings. The van der Waals surface area contributed by atoms with Crippen LogP contribution in [-0.2, 0) is 41.5 Å². The summed E-state index contributed by atoms with van der Waals surface area (Å²) in [7, 11) is 0. The number of amides is 2. The van der Waals surface area contributed by atoms with Crippen molar-refractivity contribution in [2.24, 2.45) is 11.8 Å². The van der Waals surface area contributed by atoms with E-state index in [0.717, 1.165) is 68.3 Å². The molecule has 0 aliphatic carbocycles. The molecule has 3 N–H and O–H groups in total. The monoisotopic (exact) mass is 694 g/mol. The molecule has 2 amide bonds. The first kappa shape index (κ1) is 40.4. The first-order chi connectivity index (χ1) is 23.6. The molecule has 276 valence electrons. The number of rotatable bonds is 12. The van der Waals surface area contributed by atoms with Crippen LogP contribution in [0, 0.1) is 11.8 Å². The molecule has 2 aliphatic rings. The van der Waals surface area contributed by atoms with Gasteiger partial charge >= 0.3 is 5.97 Å². The first-order valence-electron chi connectivity index (χ1n) is 18.0. The van der Waals surface area contributed by atoms with E-state index in [9.17, 15) is 24.3 Å². The van der Waals surface area contributed by atoms with Gasteiger partial charge in [0.05, 0.1) is 18.4 Å². The minimum Gasteiger partial charge on any atom is -0.508 e. The van der Waals surface area contributed by atoms with Crippen LogP contribution in [0.4, 0.5) is 0 Å². The summed E-state index contributed by atoms with van der Waals surface area (Å²) in [4.78, 5) is 55.4. The van der Waals surface area contributed by atoms with Crippen molar-refractivity contribution in [3.8, 4) is 5.75 Å². The number of nitrogens with zero attached hydrogens (tertiary/aromatic N) is 2. The smallest absolute Gasteiger partial charge is 0.308 e. The van der Waals surface area contributed by atoms with Crippen molar-refractivity contribution in [2.75, 3.05) is 26.2 Å². The molecule has 0 spiro atoms. The highest BCUT2D eigenvalue weighted by molar-refractivity contribution is 5.82. The van der Waals surface area contributed by atoms with E-state index in [4.69, 9.17) is 4.74 Å². The van der Waals surface area contributed by atoms with Crippen LogP contribution in [0.3, 0.4) is 0 Å². The highest BCUT2D eigenvalue weighted by Crippen LogP contribution is 2.25. The van der Waals surface area contributed by atoms with E-state index in [0.29, 0.717) is 38.3 Å². The number of esters is 1. The molecule has 1 unspecified atom stereocenters. The lowest BCUT2D eigenvalue weighted by atomic mass is 9.92. The Balaban J connectivity index is 0.000000872. The Morgan fingerprint density at radius 1 is 1.00 bits per heavy atom. The predicted molar refractivity (Wildman–Crippen MR) is 192 cm³/mol. The van der Waals surface area contributed by atoms with Crippen molar-refractivity contribution in [3.05, 3.63) is 59.4 Å². The van der Waals surface area contributed by atoms with Crippen molar-refractivity contribution in [1.29, 1.82) is 0 Å². The molecule has 2 atom stereocenters. The van der Waals surface area contributed by atoms with E-state index in [-0.39, 0.29) is 35.5 Å². The third kappa shape index (κ3) is 15.3. The minimum atomic E-state index is -0.645. The molecule has 2 saturated heterocycles. The second-order valence-electron chi connectivity index (χ2n) is 15.4. The maximum absolute atomic E-state index is 13.6. The highest BCUT2D eigenvalue weighted by Gasteiger charge is 2.31. The second kappa shape index (κ2) is 19.4. The van der Waals surface area contributed by atoms with E-state index in [1.807, 2.05) is 64.6 Å². The number of carbonyl (C=O) groups excluding carboxylic acids is 4. The SMILES string of the molecule is CC(C)(C)OC(=O)CC(NC(=O)[C@@H]1CCCN(C(=O)CCC2CCNCC2)C1)c1cncc(CCc2ccc(O)cc2)c1.CC(C)(C)OC=O. The molecule has 3 heterocycles. The van der Waals surface area contributed by atoms with Crippen molar-refractivity contribution in [2.45, 2.75) is 117 Å². The molecule has 11 heteroatoms. The summed E-state index contributed by atoms with van der Waals surface area (Å²) in [6.45, 7) is 14.5. The van der Waals surface area contributed by atoms with E-state index in [1.54, 1.807) is 24.5 Å². The van der Waals surface area contributed by atoms with Gasteiger partial charge in [0.15, 0.2) is 0 Å². The van der Waals surface area contributed by atoms with Gasteiger partial charge in [-0.1, -0.05) is 18.2 Å². The molecular weight excluding hydrogens is 636 g/mol. The number of benzene rings is 1. The number of pyridine rings is 1. The van der Waals surface area contributed by atoms with Gasteiger partial charge in [-0.15, -0.1) is 0 Å². The summed E-state index contributed by atoms with van der Waals surface area (Å²) in [5.41, 5.74) is 1.86. The first-order valence-corrected chi connectivity index (χ1v) is 18.0. The quantitative estimate of drug-likeness (QED) is 0.195. The zero-order valence-corrected chi connectivity index (χ0v) is 30.8. The van der Waals surface area contributed by atoms with Gasteiger partial charge in [0.1, 0.15) is 17.0 Å². The summed E-state index contributed by atoms with van der Waals surface area (Å²) >= 11 is 0. The Morgan fingerprint density at radius 2 is 1.68 bits per heavy atom. The second-order valence-corrected chi connectivity index (χ2v) is 15.4.